The molecule has 1 aliphatic heterocycles. The van der Waals surface area contributed by atoms with E-state index in [1.165, 1.54) is 31.4 Å². The van der Waals surface area contributed by atoms with Crippen molar-refractivity contribution in [3.63, 3.8) is 0 Å². The molecule has 25 heavy (non-hydrogen) atoms. The highest BCUT2D eigenvalue weighted by atomic mass is 16.5. The van der Waals surface area contributed by atoms with Crippen molar-refractivity contribution in [2.24, 2.45) is 0 Å². The predicted molar refractivity (Wildman–Crippen MR) is 102 cm³/mol. The first-order chi connectivity index (χ1) is 12.2. The molecule has 1 fully saturated rings. The number of carbonyl (C=O) groups is 1. The number of anilines is 2. The Morgan fingerprint density at radius 3 is 2.44 bits per heavy atom. The molecule has 0 saturated carbocycles. The van der Waals surface area contributed by atoms with Crippen LogP contribution in [0, 0.1) is 0 Å². The van der Waals surface area contributed by atoms with Crippen molar-refractivity contribution < 1.29 is 9.53 Å². The van der Waals surface area contributed by atoms with Crippen LogP contribution in [0.5, 0.6) is 5.75 Å². The van der Waals surface area contributed by atoms with Crippen LogP contribution in [-0.2, 0) is 11.2 Å². The zero-order valence-corrected chi connectivity index (χ0v) is 14.8. The minimum Gasteiger partial charge on any atom is -0.497 e. The Morgan fingerprint density at radius 1 is 1.04 bits per heavy atom. The van der Waals surface area contributed by atoms with Gasteiger partial charge in [-0.3, -0.25) is 4.79 Å². The first-order valence-corrected chi connectivity index (χ1v) is 9.02. The van der Waals surface area contributed by atoms with E-state index in [-0.39, 0.29) is 5.91 Å². The van der Waals surface area contributed by atoms with Gasteiger partial charge in [-0.15, -0.1) is 0 Å². The van der Waals surface area contributed by atoms with Gasteiger partial charge in [0.25, 0.3) is 0 Å². The number of hydrogen-bond donors (Lipinski definition) is 1. The van der Waals surface area contributed by atoms with Crippen LogP contribution in [0.15, 0.2) is 48.5 Å². The van der Waals surface area contributed by atoms with Crippen molar-refractivity contribution in [2.45, 2.75) is 32.1 Å². The third-order valence-corrected chi connectivity index (χ3v) is 4.62. The fraction of sp³-hybridized carbons (Fsp3) is 0.381. The van der Waals surface area contributed by atoms with Gasteiger partial charge in [0.2, 0.25) is 5.91 Å². The molecule has 0 aromatic heterocycles. The highest BCUT2D eigenvalue weighted by Crippen LogP contribution is 2.22. The van der Waals surface area contributed by atoms with Crippen molar-refractivity contribution in [3.8, 4) is 5.75 Å². The lowest BCUT2D eigenvalue weighted by Crippen LogP contribution is -2.23. The molecule has 0 atom stereocenters. The second kappa shape index (κ2) is 8.56. The van der Waals surface area contributed by atoms with Crippen LogP contribution in [0.1, 0.15) is 31.2 Å². The zero-order valence-electron chi connectivity index (χ0n) is 14.8. The van der Waals surface area contributed by atoms with E-state index in [0.29, 0.717) is 6.42 Å². The van der Waals surface area contributed by atoms with Gasteiger partial charge in [-0.1, -0.05) is 25.0 Å². The fourth-order valence-corrected chi connectivity index (χ4v) is 3.26. The standard InChI is InChI=1S/C21H26N2O2/c1-25-20-8-6-7-17(15-20)16-21(24)22-18-9-11-19(12-10-18)23-13-4-2-3-5-14-23/h6-12,15H,2-5,13-14,16H2,1H3,(H,22,24). The predicted octanol–water partition coefficient (Wildman–Crippen LogP) is 4.26. The monoisotopic (exact) mass is 338 g/mol. The Kier molecular flexibility index (Phi) is 5.94. The quantitative estimate of drug-likeness (QED) is 0.886. The van der Waals surface area contributed by atoms with Crippen molar-refractivity contribution in [2.75, 3.05) is 30.4 Å². The van der Waals surface area contributed by atoms with Gasteiger partial charge in [-0.05, 0) is 54.8 Å². The third-order valence-electron chi connectivity index (χ3n) is 4.62. The number of ether oxygens (including phenoxy) is 1. The molecule has 0 spiro atoms. The number of rotatable bonds is 5. The molecule has 1 heterocycles. The number of carbonyl (C=O) groups excluding carboxylic acids is 1. The summed E-state index contributed by atoms with van der Waals surface area (Å²) in [4.78, 5) is 14.7. The molecule has 1 amide bonds. The summed E-state index contributed by atoms with van der Waals surface area (Å²) in [6.45, 7) is 2.25. The number of hydrogen-bond acceptors (Lipinski definition) is 3. The number of nitrogens with zero attached hydrogens (tertiary/aromatic N) is 1. The molecule has 3 rings (SSSR count). The number of methoxy groups -OCH3 is 1. The van der Waals surface area contributed by atoms with Crippen molar-refractivity contribution in [1.29, 1.82) is 0 Å². The topological polar surface area (TPSA) is 41.6 Å². The molecule has 0 aliphatic carbocycles. The maximum absolute atomic E-state index is 12.3. The van der Waals surface area contributed by atoms with E-state index in [1.807, 2.05) is 36.4 Å². The van der Waals surface area contributed by atoms with Gasteiger partial charge in [0.05, 0.1) is 13.5 Å². The smallest absolute Gasteiger partial charge is 0.228 e. The molecule has 0 radical (unpaired) electrons. The van der Waals surface area contributed by atoms with E-state index in [1.54, 1.807) is 7.11 Å². The highest BCUT2D eigenvalue weighted by Gasteiger charge is 2.10. The highest BCUT2D eigenvalue weighted by molar-refractivity contribution is 5.92. The van der Waals surface area contributed by atoms with Crippen LogP contribution in [-0.4, -0.2) is 26.1 Å². The first-order valence-electron chi connectivity index (χ1n) is 9.02. The summed E-state index contributed by atoms with van der Waals surface area (Å²) >= 11 is 0. The lowest BCUT2D eigenvalue weighted by molar-refractivity contribution is -0.115. The lowest BCUT2D eigenvalue weighted by Gasteiger charge is -2.22. The lowest BCUT2D eigenvalue weighted by atomic mass is 10.1. The van der Waals surface area contributed by atoms with Gasteiger partial charge >= 0.3 is 0 Å². The minimum absolute atomic E-state index is 0.0178. The van der Waals surface area contributed by atoms with Crippen LogP contribution in [0.25, 0.3) is 0 Å². The SMILES string of the molecule is COc1cccc(CC(=O)Nc2ccc(N3CCCCCC3)cc2)c1. The van der Waals surface area contributed by atoms with E-state index in [0.717, 1.165) is 30.1 Å². The second-order valence-electron chi connectivity index (χ2n) is 6.52. The van der Waals surface area contributed by atoms with E-state index in [4.69, 9.17) is 4.74 Å². The fourth-order valence-electron chi connectivity index (χ4n) is 3.26. The summed E-state index contributed by atoms with van der Waals surface area (Å²) in [5.74, 6) is 0.753. The summed E-state index contributed by atoms with van der Waals surface area (Å²) in [5.41, 5.74) is 3.03. The first kappa shape index (κ1) is 17.3. The number of amides is 1. The molecular weight excluding hydrogens is 312 g/mol. The average Bonchev–Trinajstić information content (AvgIpc) is 2.92. The van der Waals surface area contributed by atoms with E-state index < -0.39 is 0 Å². The van der Waals surface area contributed by atoms with Crippen molar-refractivity contribution >= 4 is 17.3 Å². The van der Waals surface area contributed by atoms with Gasteiger partial charge in [-0.2, -0.15) is 0 Å². The molecule has 2 aromatic carbocycles. The molecular formula is C21H26N2O2. The molecule has 4 heteroatoms. The largest absolute Gasteiger partial charge is 0.497 e. The molecule has 1 N–H and O–H groups in total. The van der Waals surface area contributed by atoms with Crippen LogP contribution in [0.4, 0.5) is 11.4 Å². The van der Waals surface area contributed by atoms with Crippen LogP contribution in [0.2, 0.25) is 0 Å². The summed E-state index contributed by atoms with van der Waals surface area (Å²) < 4.78 is 5.20. The molecule has 0 unspecified atom stereocenters. The van der Waals surface area contributed by atoms with Crippen LogP contribution in [0.3, 0.4) is 0 Å². The Hall–Kier alpha value is -2.49. The molecule has 132 valence electrons. The summed E-state index contributed by atoms with van der Waals surface area (Å²) in [5, 5.41) is 2.97. The van der Waals surface area contributed by atoms with Gasteiger partial charge < -0.3 is 15.0 Å². The minimum atomic E-state index is -0.0178. The Bertz CT molecular complexity index is 689. The molecule has 1 aliphatic rings. The third kappa shape index (κ3) is 4.99. The van der Waals surface area contributed by atoms with Gasteiger partial charge in [0.1, 0.15) is 5.75 Å². The maximum Gasteiger partial charge on any atom is 0.228 e. The normalized spacial score (nSPS) is 14.7. The number of benzene rings is 2. The summed E-state index contributed by atoms with van der Waals surface area (Å²) in [6, 6.07) is 15.8. The molecule has 0 bridgehead atoms. The Balaban J connectivity index is 1.57. The summed E-state index contributed by atoms with van der Waals surface area (Å²) in [7, 11) is 1.63. The molecule has 1 saturated heterocycles. The van der Waals surface area contributed by atoms with Crippen LogP contribution >= 0.6 is 0 Å². The van der Waals surface area contributed by atoms with Gasteiger partial charge in [-0.25, -0.2) is 0 Å². The van der Waals surface area contributed by atoms with Crippen molar-refractivity contribution in [3.05, 3.63) is 54.1 Å². The summed E-state index contributed by atoms with van der Waals surface area (Å²) in [6.07, 6.45) is 5.52. The van der Waals surface area contributed by atoms with Crippen molar-refractivity contribution in [1.82, 2.24) is 0 Å². The van der Waals surface area contributed by atoms with Crippen LogP contribution < -0.4 is 15.0 Å². The molecule has 2 aromatic rings. The second-order valence-corrected chi connectivity index (χ2v) is 6.52. The Labute approximate surface area is 149 Å². The maximum atomic E-state index is 12.3. The van der Waals surface area contributed by atoms with Gasteiger partial charge in [0.15, 0.2) is 0 Å². The van der Waals surface area contributed by atoms with E-state index in [9.17, 15) is 4.79 Å². The average molecular weight is 338 g/mol. The van der Waals surface area contributed by atoms with Gasteiger partial charge in [0, 0.05) is 24.5 Å². The molecule has 4 nitrogen and oxygen atoms in total. The number of nitrogens with one attached hydrogen (secondary N) is 1. The Morgan fingerprint density at radius 2 is 1.76 bits per heavy atom. The van der Waals surface area contributed by atoms with E-state index in [2.05, 4.69) is 22.3 Å². The zero-order chi connectivity index (χ0) is 17.5. The van der Waals surface area contributed by atoms with E-state index >= 15 is 0 Å².